The maximum Gasteiger partial charge on any atom is 0.264 e. The Morgan fingerprint density at radius 2 is 1.64 bits per heavy atom. The van der Waals surface area contributed by atoms with Crippen LogP contribution in [0.2, 0.25) is 0 Å². The van der Waals surface area contributed by atoms with Gasteiger partial charge in [-0.2, -0.15) is 0 Å². The Morgan fingerprint density at radius 3 is 2.38 bits per heavy atom. The van der Waals surface area contributed by atoms with Gasteiger partial charge in [0.05, 0.1) is 10.8 Å². The van der Waals surface area contributed by atoms with Crippen LogP contribution in [0.15, 0.2) is 91.0 Å². The van der Waals surface area contributed by atoms with Crippen molar-refractivity contribution in [2.45, 2.75) is 24.7 Å². The molecule has 2 amide bonds. The summed E-state index contributed by atoms with van der Waals surface area (Å²) >= 11 is 1.32. The van der Waals surface area contributed by atoms with Crippen LogP contribution in [0.1, 0.15) is 45.5 Å². The van der Waals surface area contributed by atoms with Gasteiger partial charge in [0.2, 0.25) is 5.91 Å². The quantitative estimate of drug-likeness (QED) is 0.191. The van der Waals surface area contributed by atoms with E-state index in [1.807, 2.05) is 66.7 Å². The standard InChI is InChI=1S/C33H30FN2O4PS/c34-25-12-9-22(10-13-25)23-15-17-36(18-16-23)33(38)31-30(27-7-3-4-8-29(27)42-31)28(20-41(39)40)32(37)35-26-14-11-21-5-1-2-6-24(21)19-26/h1-14,19,23,28,41H,15-18,20H2,(H,35,37)(H,39,40). The second-order valence-electron chi connectivity index (χ2n) is 10.7. The van der Waals surface area contributed by atoms with E-state index >= 15 is 0 Å². The molecule has 1 aromatic heterocycles. The summed E-state index contributed by atoms with van der Waals surface area (Å²) in [5, 5.41) is 5.69. The maximum absolute atomic E-state index is 14.0. The molecule has 4 aromatic carbocycles. The molecule has 2 atom stereocenters. The average Bonchev–Trinajstić information content (AvgIpc) is 3.39. The number of halogens is 1. The van der Waals surface area contributed by atoms with Crippen LogP contribution in [-0.2, 0) is 9.36 Å². The van der Waals surface area contributed by atoms with Crippen LogP contribution in [0.25, 0.3) is 20.9 Å². The Labute approximate surface area is 247 Å². The molecule has 6 nitrogen and oxygen atoms in total. The van der Waals surface area contributed by atoms with Crippen LogP contribution in [-0.4, -0.2) is 40.9 Å². The lowest BCUT2D eigenvalue weighted by Crippen LogP contribution is -2.38. The van der Waals surface area contributed by atoms with E-state index in [0.717, 1.165) is 39.3 Å². The number of amides is 2. The van der Waals surface area contributed by atoms with Gasteiger partial charge in [-0.1, -0.05) is 60.7 Å². The lowest BCUT2D eigenvalue weighted by molar-refractivity contribution is -0.117. The van der Waals surface area contributed by atoms with Gasteiger partial charge in [0.1, 0.15) is 5.82 Å². The second-order valence-corrected chi connectivity index (χ2v) is 12.9. The van der Waals surface area contributed by atoms with E-state index in [9.17, 15) is 23.4 Å². The van der Waals surface area contributed by atoms with Crippen LogP contribution in [0.4, 0.5) is 10.1 Å². The molecule has 2 N–H and O–H groups in total. The van der Waals surface area contributed by atoms with Gasteiger partial charge in [0, 0.05) is 29.6 Å². The first-order valence-corrected chi connectivity index (χ1v) is 16.3. The van der Waals surface area contributed by atoms with Gasteiger partial charge in [0.15, 0.2) is 8.03 Å². The fourth-order valence-corrected chi connectivity index (χ4v) is 7.83. The first-order valence-electron chi connectivity index (χ1n) is 13.9. The normalized spacial score (nSPS) is 15.5. The molecular weight excluding hydrogens is 570 g/mol. The third-order valence-electron chi connectivity index (χ3n) is 8.01. The monoisotopic (exact) mass is 600 g/mol. The molecule has 214 valence electrons. The van der Waals surface area contributed by atoms with Gasteiger partial charge >= 0.3 is 0 Å². The summed E-state index contributed by atoms with van der Waals surface area (Å²) < 4.78 is 26.5. The molecule has 2 heterocycles. The Hall–Kier alpha value is -3.84. The van der Waals surface area contributed by atoms with Crippen molar-refractivity contribution in [1.82, 2.24) is 4.90 Å². The van der Waals surface area contributed by atoms with Crippen LogP contribution >= 0.6 is 19.4 Å². The molecule has 9 heteroatoms. The smallest absolute Gasteiger partial charge is 0.264 e. The van der Waals surface area contributed by atoms with Crippen LogP contribution in [0.5, 0.6) is 0 Å². The summed E-state index contributed by atoms with van der Waals surface area (Å²) in [7, 11) is -3.06. The van der Waals surface area contributed by atoms with Crippen molar-refractivity contribution in [1.29, 1.82) is 0 Å². The lowest BCUT2D eigenvalue weighted by Gasteiger charge is -2.32. The highest BCUT2D eigenvalue weighted by molar-refractivity contribution is 7.38. The molecule has 0 spiro atoms. The van der Waals surface area contributed by atoms with Crippen molar-refractivity contribution >= 4 is 57.7 Å². The number of carbonyl (C=O) groups is 2. The average molecular weight is 601 g/mol. The van der Waals surface area contributed by atoms with Crippen molar-refractivity contribution in [2.75, 3.05) is 24.6 Å². The summed E-state index contributed by atoms with van der Waals surface area (Å²) in [4.78, 5) is 40.1. The SMILES string of the molecule is O=C(Nc1ccc2ccccc2c1)C(C[PH](=O)O)c1c(C(=O)N2CCC(c3ccc(F)cc3)CC2)sc2ccccc12. The highest BCUT2D eigenvalue weighted by Gasteiger charge is 2.34. The zero-order chi connectivity index (χ0) is 29.2. The number of nitrogens with zero attached hydrogens (tertiary/aromatic N) is 1. The Kier molecular flexibility index (Phi) is 8.20. The number of hydrogen-bond donors (Lipinski definition) is 2. The number of benzene rings is 4. The van der Waals surface area contributed by atoms with Crippen LogP contribution in [0.3, 0.4) is 0 Å². The predicted octanol–water partition coefficient (Wildman–Crippen LogP) is 7.40. The number of thiophene rings is 1. The predicted molar refractivity (Wildman–Crippen MR) is 168 cm³/mol. The van der Waals surface area contributed by atoms with Crippen molar-refractivity contribution in [3.63, 3.8) is 0 Å². The molecule has 0 aliphatic carbocycles. The van der Waals surface area contributed by atoms with E-state index in [4.69, 9.17) is 0 Å². The fraction of sp³-hybridized carbons (Fsp3) is 0.212. The number of nitrogens with one attached hydrogen (secondary N) is 1. The molecule has 1 fully saturated rings. The maximum atomic E-state index is 14.0. The largest absolute Gasteiger partial charge is 0.346 e. The number of rotatable bonds is 7. The molecule has 5 aromatic rings. The minimum atomic E-state index is -3.06. The summed E-state index contributed by atoms with van der Waals surface area (Å²) in [5.41, 5.74) is 2.15. The summed E-state index contributed by atoms with van der Waals surface area (Å²) in [6.45, 7) is 1.05. The molecular formula is C33H30FN2O4PS. The first kappa shape index (κ1) is 28.3. The second kappa shape index (κ2) is 12.2. The highest BCUT2D eigenvalue weighted by atomic mass is 32.1. The van der Waals surface area contributed by atoms with E-state index in [2.05, 4.69) is 5.32 Å². The molecule has 2 unspecified atom stereocenters. The Bertz CT molecular complexity index is 1800. The first-order chi connectivity index (χ1) is 20.4. The van der Waals surface area contributed by atoms with Gasteiger partial charge in [-0.3, -0.25) is 14.2 Å². The number of carbonyl (C=O) groups excluding carboxylic acids is 2. The topological polar surface area (TPSA) is 86.7 Å². The summed E-state index contributed by atoms with van der Waals surface area (Å²) in [6, 6.07) is 27.4. The zero-order valence-corrected chi connectivity index (χ0v) is 24.6. The fourth-order valence-electron chi connectivity index (χ4n) is 5.86. The van der Waals surface area contributed by atoms with Gasteiger partial charge < -0.3 is 15.1 Å². The van der Waals surface area contributed by atoms with E-state index < -0.39 is 19.9 Å². The van der Waals surface area contributed by atoms with E-state index in [0.29, 0.717) is 29.2 Å². The third kappa shape index (κ3) is 5.88. The Morgan fingerprint density at radius 1 is 0.952 bits per heavy atom. The van der Waals surface area contributed by atoms with Crippen molar-refractivity contribution in [2.24, 2.45) is 0 Å². The number of anilines is 1. The molecule has 0 radical (unpaired) electrons. The number of likely N-dealkylation sites (tertiary alicyclic amines) is 1. The van der Waals surface area contributed by atoms with E-state index in [1.54, 1.807) is 17.0 Å². The van der Waals surface area contributed by atoms with Crippen molar-refractivity contribution < 1.29 is 23.4 Å². The minimum absolute atomic E-state index is 0.176. The minimum Gasteiger partial charge on any atom is -0.346 e. The number of piperidine rings is 1. The Balaban J connectivity index is 1.30. The van der Waals surface area contributed by atoms with Gasteiger partial charge in [0.25, 0.3) is 5.91 Å². The van der Waals surface area contributed by atoms with Gasteiger partial charge in [-0.05, 0) is 76.4 Å². The van der Waals surface area contributed by atoms with E-state index in [1.165, 1.54) is 23.5 Å². The van der Waals surface area contributed by atoms with Crippen LogP contribution < -0.4 is 5.32 Å². The van der Waals surface area contributed by atoms with Crippen LogP contribution in [0, 0.1) is 5.82 Å². The summed E-state index contributed by atoms with van der Waals surface area (Å²) in [6.07, 6.45) is 1.22. The lowest BCUT2D eigenvalue weighted by atomic mass is 9.89. The zero-order valence-electron chi connectivity index (χ0n) is 22.8. The molecule has 0 saturated carbocycles. The third-order valence-corrected chi connectivity index (χ3v) is 9.94. The molecule has 1 aliphatic heterocycles. The van der Waals surface area contributed by atoms with Crippen molar-refractivity contribution in [3.8, 4) is 0 Å². The number of hydrogen-bond acceptors (Lipinski definition) is 4. The molecule has 1 saturated heterocycles. The molecule has 42 heavy (non-hydrogen) atoms. The van der Waals surface area contributed by atoms with Gasteiger partial charge in [-0.15, -0.1) is 11.3 Å². The van der Waals surface area contributed by atoms with E-state index in [-0.39, 0.29) is 23.8 Å². The van der Waals surface area contributed by atoms with Crippen molar-refractivity contribution in [3.05, 3.63) is 113 Å². The number of fused-ring (bicyclic) bond motifs is 2. The molecule has 6 rings (SSSR count). The summed E-state index contributed by atoms with van der Waals surface area (Å²) in [5.74, 6) is -1.62. The molecule has 1 aliphatic rings. The van der Waals surface area contributed by atoms with Gasteiger partial charge in [-0.25, -0.2) is 4.39 Å². The molecule has 0 bridgehead atoms. The highest BCUT2D eigenvalue weighted by Crippen LogP contribution is 2.41.